The topological polar surface area (TPSA) is 70.6 Å². The number of carbonyl (C=O) groups excluding carboxylic acids is 1. The van der Waals surface area contributed by atoms with E-state index in [1.165, 1.54) is 12.1 Å². The van der Waals surface area contributed by atoms with Crippen molar-refractivity contribution in [2.75, 3.05) is 43.5 Å². The van der Waals surface area contributed by atoms with E-state index in [9.17, 15) is 9.18 Å². The standard InChI is InChI=1S/C22H22FN5O2/c1-30-19-9-5-4-8-18(19)25-20-10-11-24-22(26-20)28-14-12-27(13-15-28)21(29)16-6-2-3-7-17(16)23/h2-11H,12-15H2,1H3,(H,24,25,26). The number of para-hydroxylation sites is 2. The minimum Gasteiger partial charge on any atom is -0.495 e. The Labute approximate surface area is 174 Å². The third-order valence-corrected chi connectivity index (χ3v) is 4.97. The van der Waals surface area contributed by atoms with Gasteiger partial charge < -0.3 is 19.9 Å². The van der Waals surface area contributed by atoms with E-state index in [0.29, 0.717) is 37.9 Å². The summed E-state index contributed by atoms with van der Waals surface area (Å²) in [5.74, 6) is 1.16. The molecule has 0 spiro atoms. The van der Waals surface area contributed by atoms with Crippen LogP contribution < -0.4 is 15.0 Å². The van der Waals surface area contributed by atoms with Gasteiger partial charge >= 0.3 is 0 Å². The molecule has 30 heavy (non-hydrogen) atoms. The van der Waals surface area contributed by atoms with E-state index in [1.807, 2.05) is 29.2 Å². The van der Waals surface area contributed by atoms with Crippen LogP contribution in [0, 0.1) is 5.82 Å². The van der Waals surface area contributed by atoms with Crippen molar-refractivity contribution < 1.29 is 13.9 Å². The molecular weight excluding hydrogens is 385 g/mol. The van der Waals surface area contributed by atoms with Crippen LogP contribution in [-0.2, 0) is 0 Å². The Kier molecular flexibility index (Phi) is 5.74. The molecule has 2 heterocycles. The number of amides is 1. The first kappa shape index (κ1) is 19.6. The molecular formula is C22H22FN5O2. The van der Waals surface area contributed by atoms with Crippen molar-refractivity contribution >= 4 is 23.4 Å². The monoisotopic (exact) mass is 407 g/mol. The van der Waals surface area contributed by atoms with Crippen molar-refractivity contribution in [2.24, 2.45) is 0 Å². The predicted molar refractivity (Wildman–Crippen MR) is 113 cm³/mol. The number of ether oxygens (including phenoxy) is 1. The molecule has 4 rings (SSSR count). The van der Waals surface area contributed by atoms with Gasteiger partial charge in [-0.25, -0.2) is 9.37 Å². The fourth-order valence-corrected chi connectivity index (χ4v) is 3.37. The number of nitrogens with one attached hydrogen (secondary N) is 1. The van der Waals surface area contributed by atoms with Crippen LogP contribution in [0.1, 0.15) is 10.4 Å². The third kappa shape index (κ3) is 4.17. The molecule has 2 aromatic carbocycles. The van der Waals surface area contributed by atoms with Gasteiger partial charge in [-0.2, -0.15) is 4.98 Å². The molecule has 3 aromatic rings. The number of carbonyl (C=O) groups is 1. The molecule has 1 aliphatic heterocycles. The normalized spacial score (nSPS) is 13.8. The van der Waals surface area contributed by atoms with E-state index >= 15 is 0 Å². The van der Waals surface area contributed by atoms with E-state index in [0.717, 1.165) is 11.4 Å². The average molecular weight is 407 g/mol. The maximum absolute atomic E-state index is 13.9. The Morgan fingerprint density at radius 2 is 1.77 bits per heavy atom. The largest absolute Gasteiger partial charge is 0.495 e. The third-order valence-electron chi connectivity index (χ3n) is 4.97. The van der Waals surface area contributed by atoms with E-state index in [2.05, 4.69) is 15.3 Å². The Bertz CT molecular complexity index is 1040. The maximum atomic E-state index is 13.9. The molecule has 1 N–H and O–H groups in total. The van der Waals surface area contributed by atoms with Crippen LogP contribution >= 0.6 is 0 Å². The van der Waals surface area contributed by atoms with Crippen LogP contribution in [0.5, 0.6) is 5.75 Å². The van der Waals surface area contributed by atoms with Crippen molar-refractivity contribution in [3.05, 3.63) is 72.2 Å². The van der Waals surface area contributed by atoms with Crippen molar-refractivity contribution in [3.8, 4) is 5.75 Å². The fourth-order valence-electron chi connectivity index (χ4n) is 3.37. The van der Waals surface area contributed by atoms with Gasteiger partial charge in [-0.1, -0.05) is 24.3 Å². The van der Waals surface area contributed by atoms with Crippen LogP contribution in [0.15, 0.2) is 60.8 Å². The predicted octanol–water partition coefficient (Wildman–Crippen LogP) is 3.33. The first-order valence-corrected chi connectivity index (χ1v) is 9.67. The average Bonchev–Trinajstić information content (AvgIpc) is 2.80. The van der Waals surface area contributed by atoms with Gasteiger partial charge in [-0.05, 0) is 30.3 Å². The molecule has 1 aromatic heterocycles. The first-order valence-electron chi connectivity index (χ1n) is 9.67. The fraction of sp³-hybridized carbons (Fsp3) is 0.227. The smallest absolute Gasteiger partial charge is 0.256 e. The molecule has 1 amide bonds. The molecule has 1 saturated heterocycles. The molecule has 154 valence electrons. The van der Waals surface area contributed by atoms with Crippen molar-refractivity contribution in [1.29, 1.82) is 0 Å². The van der Waals surface area contributed by atoms with Crippen LogP contribution in [0.3, 0.4) is 0 Å². The molecule has 1 fully saturated rings. The number of hydrogen-bond acceptors (Lipinski definition) is 6. The van der Waals surface area contributed by atoms with Crippen LogP contribution in [0.4, 0.5) is 21.8 Å². The number of anilines is 3. The molecule has 7 nitrogen and oxygen atoms in total. The van der Waals surface area contributed by atoms with E-state index in [-0.39, 0.29) is 11.5 Å². The SMILES string of the molecule is COc1ccccc1Nc1ccnc(N2CCN(C(=O)c3ccccc3F)CC2)n1. The van der Waals surface area contributed by atoms with Gasteiger partial charge in [0.2, 0.25) is 5.95 Å². The molecule has 0 aliphatic carbocycles. The number of nitrogens with zero attached hydrogens (tertiary/aromatic N) is 4. The highest BCUT2D eigenvalue weighted by molar-refractivity contribution is 5.94. The van der Waals surface area contributed by atoms with Crippen molar-refractivity contribution in [1.82, 2.24) is 14.9 Å². The van der Waals surface area contributed by atoms with E-state index in [4.69, 9.17) is 4.74 Å². The molecule has 0 atom stereocenters. The van der Waals surface area contributed by atoms with E-state index in [1.54, 1.807) is 36.4 Å². The van der Waals surface area contributed by atoms with Gasteiger partial charge in [0.15, 0.2) is 0 Å². The lowest BCUT2D eigenvalue weighted by molar-refractivity contribution is 0.0741. The molecule has 0 saturated carbocycles. The highest BCUT2D eigenvalue weighted by Gasteiger charge is 2.25. The van der Waals surface area contributed by atoms with Crippen molar-refractivity contribution in [2.45, 2.75) is 0 Å². The Morgan fingerprint density at radius 1 is 1.03 bits per heavy atom. The lowest BCUT2D eigenvalue weighted by Gasteiger charge is -2.34. The maximum Gasteiger partial charge on any atom is 0.256 e. The van der Waals surface area contributed by atoms with Gasteiger partial charge in [0.1, 0.15) is 17.4 Å². The number of benzene rings is 2. The number of rotatable bonds is 5. The summed E-state index contributed by atoms with van der Waals surface area (Å²) in [6, 6.07) is 15.4. The Hall–Kier alpha value is -3.68. The summed E-state index contributed by atoms with van der Waals surface area (Å²) < 4.78 is 19.3. The van der Waals surface area contributed by atoms with Crippen LogP contribution in [0.25, 0.3) is 0 Å². The minimum atomic E-state index is -0.497. The number of aromatic nitrogens is 2. The summed E-state index contributed by atoms with van der Waals surface area (Å²) >= 11 is 0. The van der Waals surface area contributed by atoms with Gasteiger partial charge in [-0.15, -0.1) is 0 Å². The first-order chi connectivity index (χ1) is 14.7. The summed E-state index contributed by atoms with van der Waals surface area (Å²) in [7, 11) is 1.62. The zero-order valence-corrected chi connectivity index (χ0v) is 16.6. The Balaban J connectivity index is 1.42. The molecule has 0 radical (unpaired) electrons. The highest BCUT2D eigenvalue weighted by Crippen LogP contribution is 2.26. The van der Waals surface area contributed by atoms with Crippen LogP contribution in [0.2, 0.25) is 0 Å². The van der Waals surface area contributed by atoms with Crippen molar-refractivity contribution in [3.63, 3.8) is 0 Å². The molecule has 8 heteroatoms. The second-order valence-corrected chi connectivity index (χ2v) is 6.83. The van der Waals surface area contributed by atoms with Gasteiger partial charge in [0.25, 0.3) is 5.91 Å². The molecule has 0 unspecified atom stereocenters. The van der Waals surface area contributed by atoms with E-state index < -0.39 is 5.82 Å². The van der Waals surface area contributed by atoms with Gasteiger partial charge in [-0.3, -0.25) is 4.79 Å². The lowest BCUT2D eigenvalue weighted by Crippen LogP contribution is -2.49. The second kappa shape index (κ2) is 8.77. The van der Waals surface area contributed by atoms with Crippen LogP contribution in [-0.4, -0.2) is 54.1 Å². The lowest BCUT2D eigenvalue weighted by atomic mass is 10.1. The Morgan fingerprint density at radius 3 is 2.53 bits per heavy atom. The number of hydrogen-bond donors (Lipinski definition) is 1. The van der Waals surface area contributed by atoms with Gasteiger partial charge in [0, 0.05) is 32.4 Å². The minimum absolute atomic E-state index is 0.102. The summed E-state index contributed by atoms with van der Waals surface area (Å²) in [5, 5.41) is 3.25. The zero-order valence-electron chi connectivity index (χ0n) is 16.6. The number of halogens is 1. The van der Waals surface area contributed by atoms with Gasteiger partial charge in [0.05, 0.1) is 18.4 Å². The summed E-state index contributed by atoms with van der Waals surface area (Å²) in [4.78, 5) is 25.2. The second-order valence-electron chi connectivity index (χ2n) is 6.83. The quantitative estimate of drug-likeness (QED) is 0.700. The number of methoxy groups -OCH3 is 1. The molecule has 0 bridgehead atoms. The summed E-state index contributed by atoms with van der Waals surface area (Å²) in [5.41, 5.74) is 0.912. The zero-order chi connectivity index (χ0) is 20.9. The highest BCUT2D eigenvalue weighted by atomic mass is 19.1. The summed E-state index contributed by atoms with van der Waals surface area (Å²) in [6.07, 6.45) is 1.69. The molecule has 1 aliphatic rings. The number of piperazine rings is 1. The summed E-state index contributed by atoms with van der Waals surface area (Å²) in [6.45, 7) is 2.08.